The van der Waals surface area contributed by atoms with Crippen molar-refractivity contribution in [3.8, 4) is 11.8 Å². The van der Waals surface area contributed by atoms with E-state index in [-0.39, 0.29) is 0 Å². The van der Waals surface area contributed by atoms with Crippen LogP contribution in [-0.4, -0.2) is 6.61 Å². The van der Waals surface area contributed by atoms with Gasteiger partial charge in [0.25, 0.3) is 0 Å². The van der Waals surface area contributed by atoms with E-state index in [1.807, 2.05) is 32.0 Å². The first-order chi connectivity index (χ1) is 6.31. The van der Waals surface area contributed by atoms with Gasteiger partial charge >= 0.3 is 0 Å². The summed E-state index contributed by atoms with van der Waals surface area (Å²) >= 11 is 0. The molecule has 0 amide bonds. The van der Waals surface area contributed by atoms with Crippen LogP contribution in [0.5, 0.6) is 5.75 Å². The van der Waals surface area contributed by atoms with Gasteiger partial charge in [-0.3, -0.25) is 0 Å². The van der Waals surface area contributed by atoms with Crippen LogP contribution in [0, 0.1) is 11.3 Å². The molecule has 0 saturated heterocycles. The van der Waals surface area contributed by atoms with Crippen LogP contribution in [0.2, 0.25) is 0 Å². The molecule has 0 aromatic heterocycles. The molecule has 68 valence electrons. The van der Waals surface area contributed by atoms with Gasteiger partial charge < -0.3 is 4.74 Å². The van der Waals surface area contributed by atoms with Crippen molar-refractivity contribution < 1.29 is 4.74 Å². The van der Waals surface area contributed by atoms with Crippen LogP contribution >= 0.6 is 0 Å². The predicted molar refractivity (Wildman–Crippen MR) is 51.7 cm³/mol. The zero-order valence-electron chi connectivity index (χ0n) is 8.00. The predicted octanol–water partition coefficient (Wildman–Crippen LogP) is 2.52. The smallest absolute Gasteiger partial charge is 0.119 e. The Kier molecular flexibility index (Phi) is 3.33. The molecule has 0 radical (unpaired) electrons. The quantitative estimate of drug-likeness (QED) is 0.707. The van der Waals surface area contributed by atoms with Crippen molar-refractivity contribution in [2.24, 2.45) is 0 Å². The van der Waals surface area contributed by atoms with E-state index in [2.05, 4.69) is 6.07 Å². The molecule has 1 rings (SSSR count). The number of aryl methyl sites for hydroxylation is 1. The highest BCUT2D eigenvalue weighted by Crippen LogP contribution is 2.17. The van der Waals surface area contributed by atoms with Gasteiger partial charge in [0, 0.05) is 0 Å². The Morgan fingerprint density at radius 2 is 2.15 bits per heavy atom. The van der Waals surface area contributed by atoms with Gasteiger partial charge in [0.05, 0.1) is 18.2 Å². The Hall–Kier alpha value is -1.49. The molecule has 0 saturated carbocycles. The minimum Gasteiger partial charge on any atom is -0.494 e. The molecule has 0 aliphatic carbocycles. The second-order valence-corrected chi connectivity index (χ2v) is 2.72. The third kappa shape index (κ3) is 2.22. The standard InChI is InChI=1S/C11H13NO/c1-3-9-7-11(13-4-2)6-5-10(9)8-12/h5-7H,3-4H2,1-2H3. The van der Waals surface area contributed by atoms with E-state index in [0.717, 1.165) is 23.3 Å². The van der Waals surface area contributed by atoms with E-state index in [1.54, 1.807) is 0 Å². The van der Waals surface area contributed by atoms with Crippen molar-refractivity contribution in [1.82, 2.24) is 0 Å². The maximum atomic E-state index is 8.78. The highest BCUT2D eigenvalue weighted by atomic mass is 16.5. The number of nitriles is 1. The van der Waals surface area contributed by atoms with Crippen LogP contribution < -0.4 is 4.74 Å². The molecule has 0 spiro atoms. The molecule has 0 N–H and O–H groups in total. The highest BCUT2D eigenvalue weighted by Gasteiger charge is 2.01. The summed E-state index contributed by atoms with van der Waals surface area (Å²) < 4.78 is 5.34. The number of benzene rings is 1. The van der Waals surface area contributed by atoms with E-state index in [9.17, 15) is 0 Å². The largest absolute Gasteiger partial charge is 0.494 e. The van der Waals surface area contributed by atoms with E-state index in [1.165, 1.54) is 0 Å². The highest BCUT2D eigenvalue weighted by molar-refractivity contribution is 5.42. The van der Waals surface area contributed by atoms with Gasteiger partial charge in [-0.1, -0.05) is 6.92 Å². The summed E-state index contributed by atoms with van der Waals surface area (Å²) in [6.07, 6.45) is 0.865. The van der Waals surface area contributed by atoms with Crippen LogP contribution in [0.1, 0.15) is 25.0 Å². The first kappa shape index (κ1) is 9.60. The summed E-state index contributed by atoms with van der Waals surface area (Å²) in [5.74, 6) is 0.846. The summed E-state index contributed by atoms with van der Waals surface area (Å²) in [5, 5.41) is 8.78. The average Bonchev–Trinajstić information content (AvgIpc) is 2.18. The van der Waals surface area contributed by atoms with Gasteiger partial charge in [0.2, 0.25) is 0 Å². The number of hydrogen-bond donors (Lipinski definition) is 0. The van der Waals surface area contributed by atoms with Crippen molar-refractivity contribution in [3.63, 3.8) is 0 Å². The maximum absolute atomic E-state index is 8.78. The van der Waals surface area contributed by atoms with Crippen LogP contribution in [0.15, 0.2) is 18.2 Å². The lowest BCUT2D eigenvalue weighted by Gasteiger charge is -2.05. The molecule has 1 aromatic carbocycles. The average molecular weight is 175 g/mol. The molecule has 0 unspecified atom stereocenters. The zero-order valence-corrected chi connectivity index (χ0v) is 8.00. The normalized spacial score (nSPS) is 9.31. The van der Waals surface area contributed by atoms with Gasteiger partial charge in [-0.05, 0) is 37.1 Å². The van der Waals surface area contributed by atoms with E-state index in [4.69, 9.17) is 10.00 Å². The van der Waals surface area contributed by atoms with Crippen molar-refractivity contribution in [1.29, 1.82) is 5.26 Å². The van der Waals surface area contributed by atoms with Gasteiger partial charge in [0.15, 0.2) is 0 Å². The molecule has 0 atom stereocenters. The summed E-state index contributed by atoms with van der Waals surface area (Å²) in [6.45, 7) is 4.64. The summed E-state index contributed by atoms with van der Waals surface area (Å²) in [5.41, 5.74) is 1.79. The Morgan fingerprint density at radius 3 is 2.69 bits per heavy atom. The molecule has 0 aliphatic rings. The molecule has 0 fully saturated rings. The molecule has 0 bridgehead atoms. The molecule has 1 aromatic rings. The van der Waals surface area contributed by atoms with Gasteiger partial charge in [-0.2, -0.15) is 5.26 Å². The van der Waals surface area contributed by atoms with Gasteiger partial charge in [-0.25, -0.2) is 0 Å². The minimum absolute atomic E-state index is 0.662. The number of rotatable bonds is 3. The number of hydrogen-bond acceptors (Lipinski definition) is 2. The molecule has 2 heteroatoms. The molecule has 0 aliphatic heterocycles. The minimum atomic E-state index is 0.662. The second kappa shape index (κ2) is 4.51. The number of ether oxygens (including phenoxy) is 1. The topological polar surface area (TPSA) is 33.0 Å². The number of nitrogens with zero attached hydrogens (tertiary/aromatic N) is 1. The Bertz CT molecular complexity index is 325. The van der Waals surface area contributed by atoms with Crippen molar-refractivity contribution in [2.45, 2.75) is 20.3 Å². The third-order valence-corrected chi connectivity index (χ3v) is 1.89. The van der Waals surface area contributed by atoms with Gasteiger partial charge in [-0.15, -0.1) is 0 Å². The van der Waals surface area contributed by atoms with Crippen LogP contribution in [0.3, 0.4) is 0 Å². The Morgan fingerprint density at radius 1 is 1.38 bits per heavy atom. The molecule has 0 heterocycles. The fourth-order valence-corrected chi connectivity index (χ4v) is 1.23. The first-order valence-electron chi connectivity index (χ1n) is 4.47. The third-order valence-electron chi connectivity index (χ3n) is 1.89. The molecular weight excluding hydrogens is 162 g/mol. The summed E-state index contributed by atoms with van der Waals surface area (Å²) in [6, 6.07) is 7.74. The lowest BCUT2D eigenvalue weighted by atomic mass is 10.1. The summed E-state index contributed by atoms with van der Waals surface area (Å²) in [4.78, 5) is 0. The fourth-order valence-electron chi connectivity index (χ4n) is 1.23. The van der Waals surface area contributed by atoms with E-state index in [0.29, 0.717) is 6.61 Å². The second-order valence-electron chi connectivity index (χ2n) is 2.72. The lowest BCUT2D eigenvalue weighted by Crippen LogP contribution is -1.94. The van der Waals surface area contributed by atoms with Gasteiger partial charge in [0.1, 0.15) is 5.75 Å². The van der Waals surface area contributed by atoms with Crippen LogP contribution in [0.4, 0.5) is 0 Å². The van der Waals surface area contributed by atoms with Crippen molar-refractivity contribution >= 4 is 0 Å². The fraction of sp³-hybridized carbons (Fsp3) is 0.364. The lowest BCUT2D eigenvalue weighted by molar-refractivity contribution is 0.340. The summed E-state index contributed by atoms with van der Waals surface area (Å²) in [7, 11) is 0. The van der Waals surface area contributed by atoms with Crippen molar-refractivity contribution in [3.05, 3.63) is 29.3 Å². The van der Waals surface area contributed by atoms with Crippen LogP contribution in [-0.2, 0) is 6.42 Å². The first-order valence-corrected chi connectivity index (χ1v) is 4.47. The molecule has 2 nitrogen and oxygen atoms in total. The molecular formula is C11H13NO. The van der Waals surface area contributed by atoms with Crippen LogP contribution in [0.25, 0.3) is 0 Å². The van der Waals surface area contributed by atoms with E-state index >= 15 is 0 Å². The SMILES string of the molecule is CCOc1ccc(C#N)c(CC)c1. The van der Waals surface area contributed by atoms with Crippen molar-refractivity contribution in [2.75, 3.05) is 6.61 Å². The monoisotopic (exact) mass is 175 g/mol. The van der Waals surface area contributed by atoms with E-state index < -0.39 is 0 Å². The maximum Gasteiger partial charge on any atom is 0.119 e. The Labute approximate surface area is 78.8 Å². The molecule has 13 heavy (non-hydrogen) atoms. The Balaban J connectivity index is 3.00. The zero-order chi connectivity index (χ0) is 9.68.